The molecule has 1 fully saturated rings. The molecule has 0 heterocycles. The number of amides is 2. The highest BCUT2D eigenvalue weighted by Crippen LogP contribution is 2.48. The summed E-state index contributed by atoms with van der Waals surface area (Å²) in [5, 5.41) is 2.91. The first-order chi connectivity index (χ1) is 9.94. The normalized spacial score (nSPS) is 15.4. The number of hydrogen-bond donors (Lipinski definition) is 1. The van der Waals surface area contributed by atoms with Crippen molar-refractivity contribution >= 4 is 17.5 Å². The molecule has 21 heavy (non-hydrogen) atoms. The van der Waals surface area contributed by atoms with Gasteiger partial charge in [-0.25, -0.2) is 0 Å². The van der Waals surface area contributed by atoms with E-state index in [1.807, 2.05) is 45.9 Å². The van der Waals surface area contributed by atoms with Crippen molar-refractivity contribution in [3.05, 3.63) is 29.3 Å². The van der Waals surface area contributed by atoms with Gasteiger partial charge in [0.25, 0.3) is 0 Å². The van der Waals surface area contributed by atoms with Gasteiger partial charge in [-0.3, -0.25) is 9.59 Å². The predicted octanol–water partition coefficient (Wildman–Crippen LogP) is 2.89. The number of anilines is 1. The number of carbonyl (C=O) groups excluding carboxylic acids is 2. The molecule has 0 unspecified atom stereocenters. The number of benzene rings is 1. The third-order valence-electron chi connectivity index (χ3n) is 4.41. The molecule has 1 N–H and O–H groups in total. The zero-order valence-corrected chi connectivity index (χ0v) is 13.3. The molecule has 114 valence electrons. The highest BCUT2D eigenvalue weighted by molar-refractivity contribution is 6.13. The molecule has 2 amide bonds. The van der Waals surface area contributed by atoms with Crippen molar-refractivity contribution in [1.82, 2.24) is 4.90 Å². The molecule has 0 atom stereocenters. The molecule has 4 nitrogen and oxygen atoms in total. The Kier molecular flexibility index (Phi) is 4.35. The summed E-state index contributed by atoms with van der Waals surface area (Å²) < 4.78 is 0. The van der Waals surface area contributed by atoms with Gasteiger partial charge in [0.05, 0.1) is 0 Å². The van der Waals surface area contributed by atoms with E-state index in [1.54, 1.807) is 4.90 Å². The molecule has 4 heteroatoms. The van der Waals surface area contributed by atoms with Gasteiger partial charge in [0.1, 0.15) is 5.41 Å². The van der Waals surface area contributed by atoms with Gasteiger partial charge >= 0.3 is 0 Å². The van der Waals surface area contributed by atoms with E-state index in [-0.39, 0.29) is 11.8 Å². The summed E-state index contributed by atoms with van der Waals surface area (Å²) in [5.74, 6) is -0.198. The van der Waals surface area contributed by atoms with Crippen molar-refractivity contribution in [2.45, 2.75) is 40.5 Å². The highest BCUT2D eigenvalue weighted by atomic mass is 16.2. The maximum atomic E-state index is 12.5. The molecule has 0 aliphatic heterocycles. The first kappa shape index (κ1) is 15.5. The summed E-state index contributed by atoms with van der Waals surface area (Å²) in [4.78, 5) is 26.8. The van der Waals surface area contributed by atoms with Gasteiger partial charge in [-0.05, 0) is 63.8 Å². The van der Waals surface area contributed by atoms with Gasteiger partial charge in [0, 0.05) is 18.8 Å². The molecule has 1 aromatic rings. The first-order valence-corrected chi connectivity index (χ1v) is 7.62. The summed E-state index contributed by atoms with van der Waals surface area (Å²) in [5.41, 5.74) is 2.26. The van der Waals surface area contributed by atoms with Crippen molar-refractivity contribution in [2.75, 3.05) is 18.4 Å². The average molecular weight is 288 g/mol. The van der Waals surface area contributed by atoms with Crippen LogP contribution in [0.2, 0.25) is 0 Å². The van der Waals surface area contributed by atoms with E-state index in [9.17, 15) is 9.59 Å². The minimum atomic E-state index is -0.829. The fourth-order valence-corrected chi connectivity index (χ4v) is 2.55. The van der Waals surface area contributed by atoms with Crippen LogP contribution in [0.15, 0.2) is 18.2 Å². The Morgan fingerprint density at radius 2 is 1.76 bits per heavy atom. The second-order valence-corrected chi connectivity index (χ2v) is 5.81. The van der Waals surface area contributed by atoms with E-state index in [2.05, 4.69) is 5.32 Å². The van der Waals surface area contributed by atoms with E-state index < -0.39 is 5.41 Å². The van der Waals surface area contributed by atoms with Gasteiger partial charge in [0.2, 0.25) is 11.8 Å². The molecular formula is C17H24N2O2. The summed E-state index contributed by atoms with van der Waals surface area (Å²) in [6, 6.07) is 5.82. The molecule has 1 aliphatic rings. The topological polar surface area (TPSA) is 49.4 Å². The van der Waals surface area contributed by atoms with Crippen LogP contribution in [-0.4, -0.2) is 29.8 Å². The maximum absolute atomic E-state index is 12.5. The number of aryl methyl sites for hydroxylation is 2. The van der Waals surface area contributed by atoms with Gasteiger partial charge < -0.3 is 10.2 Å². The lowest BCUT2D eigenvalue weighted by Crippen LogP contribution is -2.42. The van der Waals surface area contributed by atoms with Crippen molar-refractivity contribution in [1.29, 1.82) is 0 Å². The minimum absolute atomic E-state index is 0.0335. The van der Waals surface area contributed by atoms with E-state index in [0.717, 1.165) is 11.3 Å². The Morgan fingerprint density at radius 1 is 1.14 bits per heavy atom. The maximum Gasteiger partial charge on any atom is 0.240 e. The Labute approximate surface area is 126 Å². The van der Waals surface area contributed by atoms with E-state index in [0.29, 0.717) is 25.9 Å². The molecule has 0 saturated heterocycles. The zero-order chi connectivity index (χ0) is 15.6. The van der Waals surface area contributed by atoms with Crippen LogP contribution in [0.1, 0.15) is 37.8 Å². The van der Waals surface area contributed by atoms with Crippen molar-refractivity contribution in [2.24, 2.45) is 5.41 Å². The Hall–Kier alpha value is -1.84. The van der Waals surface area contributed by atoms with E-state index >= 15 is 0 Å². The summed E-state index contributed by atoms with van der Waals surface area (Å²) in [6.07, 6.45) is 1.30. The van der Waals surface area contributed by atoms with E-state index in [1.165, 1.54) is 5.56 Å². The Balaban J connectivity index is 2.12. The number of nitrogens with zero attached hydrogens (tertiary/aromatic N) is 1. The van der Waals surface area contributed by atoms with Crippen LogP contribution in [0.5, 0.6) is 0 Å². The highest BCUT2D eigenvalue weighted by Gasteiger charge is 2.57. The number of nitrogens with one attached hydrogen (secondary N) is 1. The molecule has 2 rings (SSSR count). The standard InChI is InChI=1S/C17H24N2O2/c1-5-19(6-2)16(21)17(9-10-17)15(20)18-14-8-7-12(3)13(4)11-14/h7-8,11H,5-6,9-10H2,1-4H3,(H,18,20). The van der Waals surface area contributed by atoms with Gasteiger partial charge in [-0.1, -0.05) is 6.07 Å². The largest absolute Gasteiger partial charge is 0.342 e. The molecule has 1 saturated carbocycles. The monoisotopic (exact) mass is 288 g/mol. The third-order valence-corrected chi connectivity index (χ3v) is 4.41. The van der Waals surface area contributed by atoms with Crippen LogP contribution in [-0.2, 0) is 9.59 Å². The summed E-state index contributed by atoms with van der Waals surface area (Å²) >= 11 is 0. The van der Waals surface area contributed by atoms with Crippen LogP contribution in [0, 0.1) is 19.3 Å². The van der Waals surface area contributed by atoms with Crippen LogP contribution >= 0.6 is 0 Å². The lowest BCUT2D eigenvalue weighted by molar-refractivity contribution is -0.141. The number of carbonyl (C=O) groups is 2. The molecule has 0 radical (unpaired) electrons. The molecule has 0 spiro atoms. The molecular weight excluding hydrogens is 264 g/mol. The van der Waals surface area contributed by atoms with Crippen LogP contribution in [0.4, 0.5) is 5.69 Å². The Morgan fingerprint density at radius 3 is 2.24 bits per heavy atom. The minimum Gasteiger partial charge on any atom is -0.342 e. The van der Waals surface area contributed by atoms with Gasteiger partial charge in [-0.2, -0.15) is 0 Å². The fourth-order valence-electron chi connectivity index (χ4n) is 2.55. The summed E-state index contributed by atoms with van der Waals surface area (Å²) in [7, 11) is 0. The third kappa shape index (κ3) is 2.94. The lowest BCUT2D eigenvalue weighted by atomic mass is 10.0. The van der Waals surface area contributed by atoms with Gasteiger partial charge in [0.15, 0.2) is 0 Å². The Bertz CT molecular complexity index is 558. The van der Waals surface area contributed by atoms with Crippen molar-refractivity contribution in [3.8, 4) is 0 Å². The predicted molar refractivity (Wildman–Crippen MR) is 84.1 cm³/mol. The first-order valence-electron chi connectivity index (χ1n) is 7.62. The zero-order valence-electron chi connectivity index (χ0n) is 13.3. The molecule has 1 aromatic carbocycles. The van der Waals surface area contributed by atoms with Gasteiger partial charge in [-0.15, -0.1) is 0 Å². The van der Waals surface area contributed by atoms with E-state index in [4.69, 9.17) is 0 Å². The fraction of sp³-hybridized carbons (Fsp3) is 0.529. The molecule has 1 aliphatic carbocycles. The SMILES string of the molecule is CCN(CC)C(=O)C1(C(=O)Nc2ccc(C)c(C)c2)CC1. The van der Waals surface area contributed by atoms with Crippen molar-refractivity contribution < 1.29 is 9.59 Å². The quantitative estimate of drug-likeness (QED) is 0.847. The number of rotatable bonds is 5. The molecule has 0 aromatic heterocycles. The summed E-state index contributed by atoms with van der Waals surface area (Å²) in [6.45, 7) is 9.23. The number of hydrogen-bond acceptors (Lipinski definition) is 2. The van der Waals surface area contributed by atoms with Crippen LogP contribution in [0.3, 0.4) is 0 Å². The lowest BCUT2D eigenvalue weighted by Gasteiger charge is -2.24. The van der Waals surface area contributed by atoms with Crippen LogP contribution < -0.4 is 5.32 Å². The smallest absolute Gasteiger partial charge is 0.240 e. The van der Waals surface area contributed by atoms with Crippen LogP contribution in [0.25, 0.3) is 0 Å². The average Bonchev–Trinajstić information content (AvgIpc) is 3.26. The second kappa shape index (κ2) is 5.88. The van der Waals surface area contributed by atoms with Crippen molar-refractivity contribution in [3.63, 3.8) is 0 Å². The second-order valence-electron chi connectivity index (χ2n) is 5.81. The molecule has 0 bridgehead atoms.